The van der Waals surface area contributed by atoms with Gasteiger partial charge in [0.25, 0.3) is 0 Å². The fourth-order valence-corrected chi connectivity index (χ4v) is 3.33. The summed E-state index contributed by atoms with van der Waals surface area (Å²) < 4.78 is 0. The van der Waals surface area contributed by atoms with Gasteiger partial charge in [-0.1, -0.05) is 35.9 Å². The first kappa shape index (κ1) is 17.6. The number of likely N-dealkylation sites (tertiary alicyclic amines) is 1. The molecular weight excluding hydrogens is 338 g/mol. The van der Waals surface area contributed by atoms with Gasteiger partial charge in [-0.25, -0.2) is 9.97 Å². The van der Waals surface area contributed by atoms with E-state index < -0.39 is 0 Å². The molecule has 0 bridgehead atoms. The van der Waals surface area contributed by atoms with Gasteiger partial charge in [0, 0.05) is 19.6 Å². The van der Waals surface area contributed by atoms with Crippen molar-refractivity contribution < 1.29 is 4.79 Å². The molecule has 1 atom stereocenters. The Morgan fingerprint density at radius 3 is 3.04 bits per heavy atom. The summed E-state index contributed by atoms with van der Waals surface area (Å²) in [6, 6.07) is 8.38. The molecular formula is C18H22ClN5O. The number of hydrogen-bond donors (Lipinski definition) is 2. The van der Waals surface area contributed by atoms with E-state index in [1.165, 1.54) is 11.9 Å². The van der Waals surface area contributed by atoms with Gasteiger partial charge in [0.15, 0.2) is 0 Å². The van der Waals surface area contributed by atoms with Crippen molar-refractivity contribution >= 4 is 23.3 Å². The molecule has 1 aliphatic heterocycles. The molecule has 2 heterocycles. The average Bonchev–Trinajstić information content (AvgIpc) is 2.61. The van der Waals surface area contributed by atoms with Crippen molar-refractivity contribution in [1.29, 1.82) is 0 Å². The summed E-state index contributed by atoms with van der Waals surface area (Å²) in [4.78, 5) is 21.7. The number of carbonyl (C=O) groups is 1. The molecule has 1 unspecified atom stereocenters. The number of piperidine rings is 1. The maximum absolute atomic E-state index is 11.4. The summed E-state index contributed by atoms with van der Waals surface area (Å²) in [6.45, 7) is 3.21. The molecule has 0 radical (unpaired) electrons. The summed E-state index contributed by atoms with van der Waals surface area (Å²) in [7, 11) is 0. The Morgan fingerprint density at radius 1 is 1.40 bits per heavy atom. The Balaban J connectivity index is 1.59. The van der Waals surface area contributed by atoms with E-state index in [-0.39, 0.29) is 11.8 Å². The standard InChI is InChI=1S/C18H22ClN5O/c19-16-9-21-12-23-18(16)22-8-13-3-1-4-14(7-13)10-24-6-2-5-15(11-24)17(20)25/h1,3-4,7,9,12,15H,2,5-6,8,10-11H2,(H2,20,25)(H,21,22,23). The van der Waals surface area contributed by atoms with Crippen LogP contribution in [0, 0.1) is 5.92 Å². The summed E-state index contributed by atoms with van der Waals surface area (Å²) in [5, 5.41) is 3.73. The number of benzene rings is 1. The van der Waals surface area contributed by atoms with Crippen molar-refractivity contribution in [1.82, 2.24) is 14.9 Å². The number of primary amides is 1. The molecule has 1 aromatic carbocycles. The van der Waals surface area contributed by atoms with E-state index in [0.717, 1.165) is 38.0 Å². The Hall–Kier alpha value is -2.18. The van der Waals surface area contributed by atoms with E-state index in [1.807, 2.05) is 6.07 Å². The highest BCUT2D eigenvalue weighted by molar-refractivity contribution is 6.32. The fraction of sp³-hybridized carbons (Fsp3) is 0.389. The van der Waals surface area contributed by atoms with Crippen LogP contribution in [0.15, 0.2) is 36.8 Å². The molecule has 3 rings (SSSR count). The number of anilines is 1. The minimum Gasteiger partial charge on any atom is -0.369 e. The van der Waals surface area contributed by atoms with Gasteiger partial charge in [0.1, 0.15) is 17.2 Å². The van der Waals surface area contributed by atoms with Crippen LogP contribution in [0.3, 0.4) is 0 Å². The van der Waals surface area contributed by atoms with E-state index in [4.69, 9.17) is 17.3 Å². The zero-order chi connectivity index (χ0) is 17.6. The van der Waals surface area contributed by atoms with Gasteiger partial charge in [-0.3, -0.25) is 9.69 Å². The number of amides is 1. The third kappa shape index (κ3) is 4.90. The summed E-state index contributed by atoms with van der Waals surface area (Å²) in [5.41, 5.74) is 7.83. The third-order valence-electron chi connectivity index (χ3n) is 4.43. The van der Waals surface area contributed by atoms with Crippen LogP contribution in [-0.2, 0) is 17.9 Å². The van der Waals surface area contributed by atoms with Gasteiger partial charge >= 0.3 is 0 Å². The summed E-state index contributed by atoms with van der Waals surface area (Å²) >= 11 is 6.06. The van der Waals surface area contributed by atoms with Crippen LogP contribution in [0.5, 0.6) is 0 Å². The summed E-state index contributed by atoms with van der Waals surface area (Å²) in [6.07, 6.45) is 4.95. The number of rotatable bonds is 6. The number of hydrogen-bond acceptors (Lipinski definition) is 5. The Labute approximate surface area is 152 Å². The van der Waals surface area contributed by atoms with E-state index in [2.05, 4.69) is 38.4 Å². The number of carbonyl (C=O) groups excluding carboxylic acids is 1. The number of halogens is 1. The highest BCUT2D eigenvalue weighted by Gasteiger charge is 2.23. The molecule has 1 saturated heterocycles. The lowest BCUT2D eigenvalue weighted by atomic mass is 9.97. The molecule has 132 valence electrons. The second kappa shape index (κ2) is 8.27. The van der Waals surface area contributed by atoms with Crippen molar-refractivity contribution in [3.63, 3.8) is 0 Å². The lowest BCUT2D eigenvalue weighted by Gasteiger charge is -2.31. The molecule has 7 heteroatoms. The van der Waals surface area contributed by atoms with Crippen LogP contribution < -0.4 is 11.1 Å². The van der Waals surface area contributed by atoms with E-state index >= 15 is 0 Å². The molecule has 0 aliphatic carbocycles. The first-order chi connectivity index (χ1) is 12.1. The lowest BCUT2D eigenvalue weighted by Crippen LogP contribution is -2.40. The van der Waals surface area contributed by atoms with E-state index in [9.17, 15) is 4.79 Å². The van der Waals surface area contributed by atoms with Gasteiger partial charge in [-0.05, 0) is 30.5 Å². The van der Waals surface area contributed by atoms with Gasteiger partial charge < -0.3 is 11.1 Å². The summed E-state index contributed by atoms with van der Waals surface area (Å²) in [5.74, 6) is 0.408. The van der Waals surface area contributed by atoms with E-state index in [1.54, 1.807) is 6.20 Å². The van der Waals surface area contributed by atoms with Crippen molar-refractivity contribution in [2.75, 3.05) is 18.4 Å². The van der Waals surface area contributed by atoms with Crippen molar-refractivity contribution in [3.8, 4) is 0 Å². The molecule has 1 amide bonds. The maximum Gasteiger partial charge on any atom is 0.221 e. The van der Waals surface area contributed by atoms with Crippen molar-refractivity contribution in [2.24, 2.45) is 11.7 Å². The van der Waals surface area contributed by atoms with E-state index in [0.29, 0.717) is 17.4 Å². The topological polar surface area (TPSA) is 84.1 Å². The molecule has 1 fully saturated rings. The van der Waals surface area contributed by atoms with Gasteiger partial charge in [-0.2, -0.15) is 0 Å². The predicted octanol–water partition coefficient (Wildman–Crippen LogP) is 2.44. The molecule has 1 aliphatic rings. The van der Waals surface area contributed by atoms with Crippen LogP contribution in [-0.4, -0.2) is 33.9 Å². The SMILES string of the molecule is NC(=O)C1CCCN(Cc2cccc(CNc3ncncc3Cl)c2)C1. The smallest absolute Gasteiger partial charge is 0.221 e. The monoisotopic (exact) mass is 359 g/mol. The number of nitrogens with zero attached hydrogens (tertiary/aromatic N) is 3. The second-order valence-corrected chi connectivity index (χ2v) is 6.78. The number of nitrogens with one attached hydrogen (secondary N) is 1. The van der Waals surface area contributed by atoms with Crippen molar-refractivity contribution in [3.05, 3.63) is 52.9 Å². The van der Waals surface area contributed by atoms with Crippen LogP contribution in [0.4, 0.5) is 5.82 Å². The molecule has 0 spiro atoms. The predicted molar refractivity (Wildman–Crippen MR) is 98.0 cm³/mol. The quantitative estimate of drug-likeness (QED) is 0.827. The highest BCUT2D eigenvalue weighted by Crippen LogP contribution is 2.20. The average molecular weight is 360 g/mol. The normalized spacial score (nSPS) is 18.0. The molecule has 0 saturated carbocycles. The molecule has 25 heavy (non-hydrogen) atoms. The fourth-order valence-electron chi connectivity index (χ4n) is 3.16. The Kier molecular flexibility index (Phi) is 5.83. The Bertz CT molecular complexity index is 739. The highest BCUT2D eigenvalue weighted by atomic mass is 35.5. The largest absolute Gasteiger partial charge is 0.369 e. The van der Waals surface area contributed by atoms with Crippen molar-refractivity contribution in [2.45, 2.75) is 25.9 Å². The molecule has 1 aromatic heterocycles. The molecule has 2 aromatic rings. The van der Waals surface area contributed by atoms with Crippen LogP contribution in [0.2, 0.25) is 5.02 Å². The van der Waals surface area contributed by atoms with Crippen LogP contribution in [0.1, 0.15) is 24.0 Å². The third-order valence-corrected chi connectivity index (χ3v) is 4.71. The van der Waals surface area contributed by atoms with Crippen LogP contribution >= 0.6 is 11.6 Å². The van der Waals surface area contributed by atoms with Gasteiger partial charge in [0.2, 0.25) is 5.91 Å². The van der Waals surface area contributed by atoms with Gasteiger partial charge in [-0.15, -0.1) is 0 Å². The number of nitrogens with two attached hydrogens (primary N) is 1. The molecule has 6 nitrogen and oxygen atoms in total. The van der Waals surface area contributed by atoms with Crippen LogP contribution in [0.25, 0.3) is 0 Å². The zero-order valence-electron chi connectivity index (χ0n) is 14.0. The first-order valence-corrected chi connectivity index (χ1v) is 8.78. The minimum absolute atomic E-state index is 0.0292. The second-order valence-electron chi connectivity index (χ2n) is 6.37. The molecule has 3 N–H and O–H groups in total. The maximum atomic E-state index is 11.4. The minimum atomic E-state index is -0.190. The lowest BCUT2D eigenvalue weighted by molar-refractivity contribution is -0.123. The zero-order valence-corrected chi connectivity index (χ0v) is 14.7. The van der Waals surface area contributed by atoms with Gasteiger partial charge in [0.05, 0.1) is 12.1 Å². The first-order valence-electron chi connectivity index (χ1n) is 8.40. The number of aromatic nitrogens is 2. The Morgan fingerprint density at radius 2 is 2.24 bits per heavy atom.